The van der Waals surface area contributed by atoms with E-state index in [-0.39, 0.29) is 17.7 Å². The van der Waals surface area contributed by atoms with Gasteiger partial charge in [0.15, 0.2) is 0 Å². The first-order valence-electron chi connectivity index (χ1n) is 26.0. The highest BCUT2D eigenvalue weighted by Crippen LogP contribution is 2.43. The highest BCUT2D eigenvalue weighted by molar-refractivity contribution is 5.87. The van der Waals surface area contributed by atoms with E-state index in [4.69, 9.17) is 14.2 Å². The molecule has 2 aliphatic carbocycles. The molecule has 366 valence electrons. The smallest absolute Gasteiger partial charge is 0.242 e. The average molecular weight is 887 g/mol. The summed E-state index contributed by atoms with van der Waals surface area (Å²) in [5, 5.41) is 12.2. The van der Waals surface area contributed by atoms with E-state index in [9.17, 15) is 14.4 Å². The third-order valence-electron chi connectivity index (χ3n) is 13.7. The molecule has 0 saturated heterocycles. The van der Waals surface area contributed by atoms with E-state index in [2.05, 4.69) is 62.8 Å². The zero-order valence-corrected chi connectivity index (χ0v) is 42.0. The lowest BCUT2D eigenvalue weighted by molar-refractivity contribution is -0.129. The largest absolute Gasteiger partial charge is 0.379 e. The first-order chi connectivity index (χ1) is 30.4. The van der Waals surface area contributed by atoms with Crippen molar-refractivity contribution < 1.29 is 28.6 Å². The van der Waals surface area contributed by atoms with Gasteiger partial charge < -0.3 is 35.5 Å². The minimum absolute atomic E-state index is 0.0576. The van der Waals surface area contributed by atoms with E-state index in [1.807, 2.05) is 7.05 Å². The molecule has 2 rings (SSSR count). The van der Waals surface area contributed by atoms with Gasteiger partial charge in [0.05, 0.1) is 26.4 Å². The van der Waals surface area contributed by atoms with Gasteiger partial charge >= 0.3 is 0 Å². The fraction of sp³-hybridized carbons (Fsp3) is 0.868. The number of rotatable bonds is 39. The molecule has 0 saturated carbocycles. The number of hydrogen-bond acceptors (Lipinski definition) is 7. The first-order valence-corrected chi connectivity index (χ1v) is 26.0. The van der Waals surface area contributed by atoms with E-state index >= 15 is 0 Å². The van der Waals surface area contributed by atoms with Crippen LogP contribution in [0.25, 0.3) is 0 Å². The Kier molecular flexibility index (Phi) is 31.6. The topological polar surface area (TPSA) is 127 Å². The molecule has 2 aliphatic rings. The Morgan fingerprint density at radius 1 is 0.524 bits per heavy atom. The van der Waals surface area contributed by atoms with E-state index in [1.165, 1.54) is 96.3 Å². The maximum Gasteiger partial charge on any atom is 0.242 e. The van der Waals surface area contributed by atoms with Gasteiger partial charge in [0.1, 0.15) is 6.04 Å². The fourth-order valence-electron chi connectivity index (χ4n) is 9.77. The monoisotopic (exact) mass is 887 g/mol. The molecule has 4 N–H and O–H groups in total. The molecule has 0 spiro atoms. The lowest BCUT2D eigenvalue weighted by Gasteiger charge is -2.34. The first kappa shape index (κ1) is 56.9. The van der Waals surface area contributed by atoms with Gasteiger partial charge in [0.25, 0.3) is 0 Å². The van der Waals surface area contributed by atoms with Gasteiger partial charge in [-0.1, -0.05) is 101 Å². The normalized spacial score (nSPS) is 16.6. The van der Waals surface area contributed by atoms with Crippen LogP contribution in [0, 0.1) is 10.8 Å². The molecule has 0 unspecified atom stereocenters. The second kappa shape index (κ2) is 35.0. The maximum atomic E-state index is 13.3. The third-order valence-corrected chi connectivity index (χ3v) is 13.7. The van der Waals surface area contributed by atoms with E-state index in [0.717, 1.165) is 64.5 Å². The van der Waals surface area contributed by atoms with Crippen molar-refractivity contribution in [3.05, 3.63) is 22.3 Å². The van der Waals surface area contributed by atoms with Gasteiger partial charge in [-0.15, -0.1) is 0 Å². The van der Waals surface area contributed by atoms with Gasteiger partial charge in [0.2, 0.25) is 17.7 Å². The predicted molar refractivity (Wildman–Crippen MR) is 262 cm³/mol. The number of amides is 3. The second-order valence-corrected chi connectivity index (χ2v) is 20.1. The molecule has 10 heteroatoms. The Bertz CT molecular complexity index is 1310. The predicted octanol–water partition coefficient (Wildman–Crippen LogP) is 11.2. The molecule has 0 bridgehead atoms. The number of carbonyl (C=O) groups excluding carboxylic acids is 3. The lowest BCUT2D eigenvalue weighted by atomic mass is 9.71. The van der Waals surface area contributed by atoms with Gasteiger partial charge in [-0.2, -0.15) is 0 Å². The summed E-state index contributed by atoms with van der Waals surface area (Å²) in [5.41, 5.74) is 7.39. The molecule has 0 aromatic carbocycles. The lowest BCUT2D eigenvalue weighted by Crippen LogP contribution is -2.47. The molecule has 63 heavy (non-hydrogen) atoms. The number of carbonyl (C=O) groups is 3. The average Bonchev–Trinajstić information content (AvgIpc) is 3.23. The highest BCUT2D eigenvalue weighted by atomic mass is 16.5. The molecule has 10 nitrogen and oxygen atoms in total. The summed E-state index contributed by atoms with van der Waals surface area (Å²) in [6.45, 7) is 19.7. The van der Waals surface area contributed by atoms with Gasteiger partial charge in [-0.3, -0.25) is 14.4 Å². The van der Waals surface area contributed by atoms with Crippen molar-refractivity contribution in [1.82, 2.24) is 21.3 Å². The number of unbranched alkanes of at least 4 members (excludes halogenated alkanes) is 11. The molecule has 0 aliphatic heterocycles. The van der Waals surface area contributed by atoms with E-state index in [0.29, 0.717) is 82.6 Å². The van der Waals surface area contributed by atoms with Crippen molar-refractivity contribution in [1.29, 1.82) is 0 Å². The third kappa shape index (κ3) is 27.1. The Morgan fingerprint density at radius 2 is 0.968 bits per heavy atom. The zero-order chi connectivity index (χ0) is 46.0. The van der Waals surface area contributed by atoms with Gasteiger partial charge in [-0.05, 0) is 147 Å². The minimum Gasteiger partial charge on any atom is -0.379 e. The minimum atomic E-state index is -0.584. The highest BCUT2D eigenvalue weighted by Gasteiger charge is 2.28. The van der Waals surface area contributed by atoms with E-state index < -0.39 is 6.04 Å². The van der Waals surface area contributed by atoms with Crippen molar-refractivity contribution in [2.45, 2.75) is 221 Å². The van der Waals surface area contributed by atoms with Crippen LogP contribution in [0.2, 0.25) is 0 Å². The Hall–Kier alpha value is -2.27. The summed E-state index contributed by atoms with van der Waals surface area (Å²) in [4.78, 5) is 38.9. The van der Waals surface area contributed by atoms with Crippen LogP contribution in [0.5, 0.6) is 0 Å². The number of ether oxygens (including phenoxy) is 3. The van der Waals surface area contributed by atoms with Crippen molar-refractivity contribution in [3.63, 3.8) is 0 Å². The molecule has 0 heterocycles. The van der Waals surface area contributed by atoms with Crippen LogP contribution in [-0.2, 0) is 28.6 Å². The van der Waals surface area contributed by atoms with Crippen LogP contribution in [0.3, 0.4) is 0 Å². The molecular weight excluding hydrogens is 789 g/mol. The summed E-state index contributed by atoms with van der Waals surface area (Å²) >= 11 is 0. The zero-order valence-electron chi connectivity index (χ0n) is 42.0. The molecule has 3 amide bonds. The van der Waals surface area contributed by atoms with Crippen molar-refractivity contribution in [2.75, 3.05) is 66.3 Å². The molecule has 0 fully saturated rings. The van der Waals surface area contributed by atoms with Gasteiger partial charge in [0, 0.05) is 39.1 Å². The van der Waals surface area contributed by atoms with Crippen molar-refractivity contribution in [2.24, 2.45) is 10.8 Å². The molecule has 1 atom stereocenters. The summed E-state index contributed by atoms with van der Waals surface area (Å²) in [6, 6.07) is -0.584. The van der Waals surface area contributed by atoms with Crippen LogP contribution >= 0.6 is 0 Å². The Labute approximate surface area is 386 Å². The van der Waals surface area contributed by atoms with E-state index in [1.54, 1.807) is 22.3 Å². The maximum absolute atomic E-state index is 13.3. The number of allylic oxidation sites excluding steroid dienone is 4. The quantitative estimate of drug-likeness (QED) is 0.0358. The van der Waals surface area contributed by atoms with Crippen LogP contribution in [0.1, 0.15) is 215 Å². The summed E-state index contributed by atoms with van der Waals surface area (Å²) in [7, 11) is 1.93. The van der Waals surface area contributed by atoms with Crippen LogP contribution in [0.4, 0.5) is 0 Å². The van der Waals surface area contributed by atoms with Crippen LogP contribution in [0.15, 0.2) is 22.3 Å². The fourth-order valence-corrected chi connectivity index (χ4v) is 9.77. The summed E-state index contributed by atoms with van der Waals surface area (Å²) in [5.74, 6) is -0.0986. The van der Waals surface area contributed by atoms with Crippen molar-refractivity contribution in [3.8, 4) is 0 Å². The van der Waals surface area contributed by atoms with Crippen molar-refractivity contribution >= 4 is 17.7 Å². The second-order valence-electron chi connectivity index (χ2n) is 20.1. The SMILES string of the molecule is CNCCCOCCOCCOCCCNC(=O)[C@H](CCCCNC(=O)CCCCCCCCC1=C(C)CCCC1(C)C)NC(=O)CCCCCCCCC1=C(C)CCCC1(C)C. The molecular formula is C53H98N4O6. The van der Waals surface area contributed by atoms with Crippen LogP contribution in [-0.4, -0.2) is 90.1 Å². The van der Waals surface area contributed by atoms with Gasteiger partial charge in [-0.25, -0.2) is 0 Å². The Morgan fingerprint density at radius 3 is 1.48 bits per heavy atom. The number of hydrogen-bond donors (Lipinski definition) is 4. The summed E-state index contributed by atoms with van der Waals surface area (Å²) < 4.78 is 16.8. The standard InChI is InChI=1S/C53H98N4O6/c1-44-26-22-33-52(3,4)46(44)28-16-12-8-10-14-18-31-49(58)55-36-21-20-30-48(51(60)56-37-25-39-62-41-43-63-42-40-61-38-24-35-54-7)57-50(59)32-19-15-11-9-13-17-29-47-45(2)27-23-34-53(47,5)6/h48,54H,8-43H2,1-7H3,(H,55,58)(H,56,60)(H,57,59)/t48-/m0/s1. The summed E-state index contributed by atoms with van der Waals surface area (Å²) in [6.07, 6.45) is 28.7. The molecule has 0 aromatic heterocycles. The Balaban J connectivity index is 1.62. The molecule has 0 radical (unpaired) electrons. The molecule has 0 aromatic rings. The van der Waals surface area contributed by atoms with Crippen LogP contribution < -0.4 is 21.3 Å². The number of nitrogens with one attached hydrogen (secondary N) is 4.